The first-order valence-electron chi connectivity index (χ1n) is 9.11. The van der Waals surface area contributed by atoms with Crippen LogP contribution in [0.15, 0.2) is 17.8 Å². The van der Waals surface area contributed by atoms with Crippen LogP contribution >= 0.6 is 11.3 Å². The van der Waals surface area contributed by atoms with Crippen molar-refractivity contribution in [3.05, 3.63) is 34.0 Å². The van der Waals surface area contributed by atoms with Crippen molar-refractivity contribution >= 4 is 17.2 Å². The Morgan fingerprint density at radius 3 is 2.39 bits per heavy atom. The van der Waals surface area contributed by atoms with E-state index in [1.165, 1.54) is 5.38 Å². The molecule has 4 rings (SSSR count). The van der Waals surface area contributed by atoms with Crippen molar-refractivity contribution in [1.82, 2.24) is 29.9 Å². The summed E-state index contributed by atoms with van der Waals surface area (Å²) in [5.41, 5.74) is -4.49. The van der Waals surface area contributed by atoms with Gasteiger partial charge in [0.1, 0.15) is 5.56 Å². The summed E-state index contributed by atoms with van der Waals surface area (Å²) >= 11 is 0.966. The minimum Gasteiger partial charge on any atom is -0.347 e. The molecule has 0 radical (unpaired) electrons. The van der Waals surface area contributed by atoms with Gasteiger partial charge in [-0.25, -0.2) is 14.3 Å². The van der Waals surface area contributed by atoms with Crippen LogP contribution in [0.2, 0.25) is 0 Å². The number of hydrogen-bond donors (Lipinski definition) is 1. The number of halogens is 8. The molecule has 7 nitrogen and oxygen atoms in total. The largest absolute Gasteiger partial charge is 0.459 e. The van der Waals surface area contributed by atoms with Crippen LogP contribution in [0.3, 0.4) is 0 Å². The van der Waals surface area contributed by atoms with Crippen molar-refractivity contribution in [2.24, 2.45) is 7.05 Å². The fourth-order valence-corrected chi connectivity index (χ4v) is 3.68. The maximum absolute atomic E-state index is 13.8. The Morgan fingerprint density at radius 1 is 1.15 bits per heavy atom. The summed E-state index contributed by atoms with van der Waals surface area (Å²) in [6.07, 6.45) is -8.22. The molecule has 0 saturated heterocycles. The number of rotatable bonds is 5. The molecule has 0 aliphatic heterocycles. The van der Waals surface area contributed by atoms with Crippen LogP contribution in [-0.2, 0) is 19.1 Å². The molecule has 0 atom stereocenters. The molecule has 0 spiro atoms. The summed E-state index contributed by atoms with van der Waals surface area (Å²) in [6.45, 7) is 0. The average molecular weight is 500 g/mol. The first-order chi connectivity index (χ1) is 15.2. The third-order valence-corrected chi connectivity index (χ3v) is 5.50. The van der Waals surface area contributed by atoms with Crippen molar-refractivity contribution in [2.45, 2.75) is 37.2 Å². The smallest absolute Gasteiger partial charge is 0.347 e. The number of aromatic nitrogens is 5. The van der Waals surface area contributed by atoms with Crippen LogP contribution in [0.5, 0.6) is 0 Å². The molecule has 1 amide bonds. The molecule has 3 aromatic rings. The fourth-order valence-electron chi connectivity index (χ4n) is 2.95. The molecule has 178 valence electrons. The summed E-state index contributed by atoms with van der Waals surface area (Å²) in [4.78, 5) is 16.1. The third-order valence-electron chi connectivity index (χ3n) is 4.66. The molecule has 1 aliphatic rings. The second-order valence-corrected chi connectivity index (χ2v) is 8.06. The van der Waals surface area contributed by atoms with Gasteiger partial charge in [0.25, 0.3) is 5.91 Å². The first kappa shape index (κ1) is 23.1. The average Bonchev–Trinajstić information content (AvgIpc) is 3.10. The molecule has 0 aromatic carbocycles. The molecule has 33 heavy (non-hydrogen) atoms. The number of alkyl halides is 8. The van der Waals surface area contributed by atoms with Crippen molar-refractivity contribution in [1.29, 1.82) is 0 Å². The zero-order valence-electron chi connectivity index (χ0n) is 16.3. The highest BCUT2D eigenvalue weighted by molar-refractivity contribution is 7.12. The highest BCUT2D eigenvalue weighted by atomic mass is 32.1. The predicted molar refractivity (Wildman–Crippen MR) is 96.9 cm³/mol. The van der Waals surface area contributed by atoms with Crippen LogP contribution in [0.1, 0.15) is 33.9 Å². The van der Waals surface area contributed by atoms with Crippen LogP contribution in [0, 0.1) is 0 Å². The molecule has 0 unspecified atom stereocenters. The summed E-state index contributed by atoms with van der Waals surface area (Å²) in [6, 6.07) is 0.0715. The first-order valence-corrected chi connectivity index (χ1v) is 9.99. The van der Waals surface area contributed by atoms with Gasteiger partial charge in [0.2, 0.25) is 0 Å². The molecule has 3 aromatic heterocycles. The lowest BCUT2D eigenvalue weighted by Gasteiger charge is -2.19. The van der Waals surface area contributed by atoms with Crippen molar-refractivity contribution in [2.75, 3.05) is 0 Å². The molecule has 1 saturated carbocycles. The number of hydrogen-bond acceptors (Lipinski definition) is 5. The quantitative estimate of drug-likeness (QED) is 0.531. The van der Waals surface area contributed by atoms with Gasteiger partial charge in [-0.1, -0.05) is 0 Å². The number of aryl methyl sites for hydroxylation is 1. The van der Waals surface area contributed by atoms with E-state index >= 15 is 0 Å². The second kappa shape index (κ2) is 7.50. The Kier molecular flexibility index (Phi) is 5.25. The monoisotopic (exact) mass is 500 g/mol. The Hall–Kier alpha value is -3.04. The lowest BCUT2D eigenvalue weighted by atomic mass is 10.1. The van der Waals surface area contributed by atoms with Gasteiger partial charge in [-0.2, -0.15) is 45.3 Å². The van der Waals surface area contributed by atoms with Crippen molar-refractivity contribution in [3.63, 3.8) is 0 Å². The third kappa shape index (κ3) is 4.18. The lowest BCUT2D eigenvalue weighted by molar-refractivity contribution is -0.292. The zero-order chi connectivity index (χ0) is 24.3. The topological polar surface area (TPSA) is 77.6 Å². The van der Waals surface area contributed by atoms with E-state index in [4.69, 9.17) is 0 Å². The standard InChI is InChI=1S/C17H12F8N6OS/c1-30-14(10(16(20,21)22)11(29-30)15(18,19)17(23,24)25)31-5-7(4-26-31)9-6-33-13(28-9)12(32)27-8-2-3-8/h4-6,8H,2-3H2,1H3,(H,27,32). The fraction of sp³-hybridized carbons (Fsp3) is 0.412. The minimum absolute atomic E-state index is 0.0715. The second-order valence-electron chi connectivity index (χ2n) is 7.20. The number of nitrogens with zero attached hydrogens (tertiary/aromatic N) is 5. The normalized spacial score (nSPS) is 15.2. The lowest BCUT2D eigenvalue weighted by Crippen LogP contribution is -2.36. The molecule has 1 fully saturated rings. The molecule has 0 bridgehead atoms. The van der Waals surface area contributed by atoms with E-state index < -0.39 is 41.3 Å². The maximum Gasteiger partial charge on any atom is 0.459 e. The van der Waals surface area contributed by atoms with Crippen molar-refractivity contribution < 1.29 is 39.9 Å². The molecular weight excluding hydrogens is 488 g/mol. The van der Waals surface area contributed by atoms with E-state index in [1.807, 2.05) is 0 Å². The number of thiazole rings is 1. The minimum atomic E-state index is -6.30. The molecule has 1 aliphatic carbocycles. The zero-order valence-corrected chi connectivity index (χ0v) is 17.1. The molecule has 1 N–H and O–H groups in total. The molecule has 16 heteroatoms. The van der Waals surface area contributed by atoms with Gasteiger partial charge in [0, 0.05) is 30.2 Å². The van der Waals surface area contributed by atoms with Crippen LogP contribution in [0.4, 0.5) is 35.1 Å². The SMILES string of the molecule is Cn1nc(C(F)(F)C(F)(F)F)c(C(F)(F)F)c1-n1cc(-c2csc(C(=O)NC3CC3)n2)cn1. The van der Waals surface area contributed by atoms with Gasteiger partial charge >= 0.3 is 18.3 Å². The van der Waals surface area contributed by atoms with Gasteiger partial charge in [0.15, 0.2) is 16.5 Å². The highest BCUT2D eigenvalue weighted by Crippen LogP contribution is 2.49. The Balaban J connectivity index is 1.74. The van der Waals surface area contributed by atoms with Crippen LogP contribution in [-0.4, -0.2) is 42.7 Å². The van der Waals surface area contributed by atoms with Crippen LogP contribution in [0.25, 0.3) is 17.1 Å². The number of nitrogens with one attached hydrogen (secondary N) is 1. The predicted octanol–water partition coefficient (Wildman–Crippen LogP) is 4.29. The summed E-state index contributed by atoms with van der Waals surface area (Å²) in [5.74, 6) is -7.43. The van der Waals surface area contributed by atoms with Gasteiger partial charge in [-0.15, -0.1) is 11.3 Å². The Morgan fingerprint density at radius 2 is 1.82 bits per heavy atom. The van der Waals surface area contributed by atoms with Crippen LogP contribution < -0.4 is 5.32 Å². The van der Waals surface area contributed by atoms with E-state index in [-0.39, 0.29) is 27.0 Å². The number of carbonyl (C=O) groups is 1. The maximum atomic E-state index is 13.8. The Bertz CT molecular complexity index is 1200. The van der Waals surface area contributed by atoms with Gasteiger partial charge in [-0.3, -0.25) is 4.79 Å². The van der Waals surface area contributed by atoms with Crippen molar-refractivity contribution in [3.8, 4) is 17.1 Å². The molecule has 3 heterocycles. The Labute approximate surface area is 183 Å². The summed E-state index contributed by atoms with van der Waals surface area (Å²) in [7, 11) is 0.783. The number of carbonyl (C=O) groups excluding carboxylic acids is 1. The van der Waals surface area contributed by atoms with Gasteiger partial charge in [-0.05, 0) is 12.8 Å². The van der Waals surface area contributed by atoms with Gasteiger partial charge < -0.3 is 5.32 Å². The van der Waals surface area contributed by atoms with E-state index in [1.54, 1.807) is 0 Å². The molecular formula is C17H12F8N6OS. The van der Waals surface area contributed by atoms with E-state index in [0.717, 1.165) is 43.6 Å². The summed E-state index contributed by atoms with van der Waals surface area (Å²) < 4.78 is 108. The van der Waals surface area contributed by atoms with E-state index in [0.29, 0.717) is 4.68 Å². The number of amides is 1. The highest BCUT2D eigenvalue weighted by Gasteiger charge is 2.64. The van der Waals surface area contributed by atoms with E-state index in [9.17, 15) is 39.9 Å². The van der Waals surface area contributed by atoms with Gasteiger partial charge in [0.05, 0.1) is 11.9 Å². The summed E-state index contributed by atoms with van der Waals surface area (Å²) in [5, 5.41) is 10.7. The van der Waals surface area contributed by atoms with E-state index in [2.05, 4.69) is 20.5 Å².